The van der Waals surface area contributed by atoms with Gasteiger partial charge in [-0.1, -0.05) is 26.8 Å². The van der Waals surface area contributed by atoms with Gasteiger partial charge in [-0.15, -0.1) is 0 Å². The molecule has 2 amide bonds. The molecule has 132 valence electrons. The van der Waals surface area contributed by atoms with Crippen LogP contribution in [0.1, 0.15) is 52.0 Å². The average Bonchev–Trinajstić information content (AvgIpc) is 2.54. The third kappa shape index (κ3) is 5.05. The Bertz CT molecular complexity index is 560. The fourth-order valence-corrected chi connectivity index (χ4v) is 3.07. The summed E-state index contributed by atoms with van der Waals surface area (Å²) >= 11 is 0. The van der Waals surface area contributed by atoms with Crippen LogP contribution in [0.15, 0.2) is 18.3 Å². The second-order valence-corrected chi connectivity index (χ2v) is 7.40. The SMILES string of the molecule is Cc1ccc(NC(=O)C(NC(=O)C2CCC(C)CC2)C(C)C)nc1. The average molecular weight is 331 g/mol. The largest absolute Gasteiger partial charge is 0.344 e. The predicted molar refractivity (Wildman–Crippen MR) is 95.5 cm³/mol. The number of carbonyl (C=O) groups is 2. The van der Waals surface area contributed by atoms with Crippen molar-refractivity contribution in [1.82, 2.24) is 10.3 Å². The summed E-state index contributed by atoms with van der Waals surface area (Å²) < 4.78 is 0. The van der Waals surface area contributed by atoms with Gasteiger partial charge in [0.15, 0.2) is 0 Å². The number of pyridine rings is 1. The molecule has 0 bridgehead atoms. The van der Waals surface area contributed by atoms with Crippen LogP contribution in [-0.4, -0.2) is 22.8 Å². The minimum absolute atomic E-state index is 0.00705. The number of nitrogens with zero attached hydrogens (tertiary/aromatic N) is 1. The van der Waals surface area contributed by atoms with E-state index in [4.69, 9.17) is 0 Å². The molecule has 24 heavy (non-hydrogen) atoms. The third-order valence-corrected chi connectivity index (χ3v) is 4.80. The second kappa shape index (κ2) is 8.27. The van der Waals surface area contributed by atoms with Crippen molar-refractivity contribution in [2.45, 2.75) is 59.4 Å². The predicted octanol–water partition coefficient (Wildman–Crippen LogP) is 3.30. The van der Waals surface area contributed by atoms with Gasteiger partial charge in [-0.25, -0.2) is 4.98 Å². The van der Waals surface area contributed by atoms with Gasteiger partial charge in [0.1, 0.15) is 11.9 Å². The number of hydrogen-bond donors (Lipinski definition) is 2. The Morgan fingerprint density at radius 1 is 1.17 bits per heavy atom. The molecule has 0 aromatic carbocycles. The van der Waals surface area contributed by atoms with Crippen molar-refractivity contribution in [2.24, 2.45) is 17.8 Å². The smallest absolute Gasteiger partial charge is 0.248 e. The van der Waals surface area contributed by atoms with Gasteiger partial charge >= 0.3 is 0 Å². The summed E-state index contributed by atoms with van der Waals surface area (Å²) in [5.41, 5.74) is 1.04. The minimum Gasteiger partial charge on any atom is -0.344 e. The molecule has 5 heteroatoms. The summed E-state index contributed by atoms with van der Waals surface area (Å²) in [4.78, 5) is 29.3. The van der Waals surface area contributed by atoms with Gasteiger partial charge in [-0.3, -0.25) is 9.59 Å². The molecular weight excluding hydrogens is 302 g/mol. The number of anilines is 1. The number of carbonyl (C=O) groups excluding carboxylic acids is 2. The molecule has 0 radical (unpaired) electrons. The number of aryl methyl sites for hydroxylation is 1. The molecule has 0 saturated heterocycles. The Morgan fingerprint density at radius 3 is 2.38 bits per heavy atom. The van der Waals surface area contributed by atoms with Crippen LogP contribution in [0.3, 0.4) is 0 Å². The maximum absolute atomic E-state index is 12.5. The first-order chi connectivity index (χ1) is 11.4. The molecular formula is C19H29N3O2. The molecule has 1 fully saturated rings. The van der Waals surface area contributed by atoms with Gasteiger partial charge in [-0.05, 0) is 56.1 Å². The molecule has 2 N–H and O–H groups in total. The Labute approximate surface area is 144 Å². The minimum atomic E-state index is -0.542. The first-order valence-electron chi connectivity index (χ1n) is 8.90. The fourth-order valence-electron chi connectivity index (χ4n) is 3.07. The topological polar surface area (TPSA) is 71.1 Å². The van der Waals surface area contributed by atoms with Crippen LogP contribution < -0.4 is 10.6 Å². The fraction of sp³-hybridized carbons (Fsp3) is 0.632. The normalized spacial score (nSPS) is 22.0. The maximum atomic E-state index is 12.5. The van der Waals surface area contributed by atoms with Crippen LogP contribution in [0.2, 0.25) is 0 Å². The summed E-state index contributed by atoms with van der Waals surface area (Å²) in [6.07, 6.45) is 5.72. The Balaban J connectivity index is 1.96. The van der Waals surface area contributed by atoms with Gasteiger partial charge in [0.05, 0.1) is 0 Å². The van der Waals surface area contributed by atoms with Gasteiger partial charge in [0.2, 0.25) is 11.8 Å². The highest BCUT2D eigenvalue weighted by molar-refractivity contribution is 5.97. The van der Waals surface area contributed by atoms with Crippen LogP contribution in [0.4, 0.5) is 5.82 Å². The van der Waals surface area contributed by atoms with Crippen LogP contribution in [0.25, 0.3) is 0 Å². The lowest BCUT2D eigenvalue weighted by Crippen LogP contribution is -2.49. The summed E-state index contributed by atoms with van der Waals surface area (Å²) in [5.74, 6) is 1.06. The zero-order valence-corrected chi connectivity index (χ0v) is 15.1. The van der Waals surface area contributed by atoms with E-state index in [0.717, 1.165) is 31.2 Å². The van der Waals surface area contributed by atoms with E-state index in [-0.39, 0.29) is 23.7 Å². The number of nitrogens with one attached hydrogen (secondary N) is 2. The van der Waals surface area contributed by atoms with Crippen LogP contribution in [0, 0.1) is 24.7 Å². The maximum Gasteiger partial charge on any atom is 0.248 e. The summed E-state index contributed by atoms with van der Waals surface area (Å²) in [6, 6.07) is 3.13. The van der Waals surface area contributed by atoms with E-state index in [2.05, 4.69) is 22.5 Å². The van der Waals surface area contributed by atoms with Crippen molar-refractivity contribution in [2.75, 3.05) is 5.32 Å². The summed E-state index contributed by atoms with van der Waals surface area (Å²) in [5, 5.41) is 5.75. The van der Waals surface area contributed by atoms with E-state index in [1.165, 1.54) is 0 Å². The highest BCUT2D eigenvalue weighted by atomic mass is 16.2. The lowest BCUT2D eigenvalue weighted by molar-refractivity contribution is -0.131. The van der Waals surface area contributed by atoms with E-state index >= 15 is 0 Å². The quantitative estimate of drug-likeness (QED) is 0.869. The van der Waals surface area contributed by atoms with E-state index < -0.39 is 6.04 Å². The van der Waals surface area contributed by atoms with Gasteiger partial charge in [0.25, 0.3) is 0 Å². The summed E-state index contributed by atoms with van der Waals surface area (Å²) in [7, 11) is 0. The van der Waals surface area contributed by atoms with Crippen molar-refractivity contribution >= 4 is 17.6 Å². The molecule has 0 aliphatic heterocycles. The molecule has 1 aromatic heterocycles. The molecule has 1 aromatic rings. The van der Waals surface area contributed by atoms with E-state index in [1.807, 2.05) is 26.8 Å². The molecule has 0 spiro atoms. The molecule has 5 nitrogen and oxygen atoms in total. The van der Waals surface area contributed by atoms with Gasteiger partial charge < -0.3 is 10.6 Å². The second-order valence-electron chi connectivity index (χ2n) is 7.40. The highest BCUT2D eigenvalue weighted by Gasteiger charge is 2.30. The van der Waals surface area contributed by atoms with E-state index in [0.29, 0.717) is 11.7 Å². The molecule has 2 rings (SSSR count). The highest BCUT2D eigenvalue weighted by Crippen LogP contribution is 2.28. The Hall–Kier alpha value is -1.91. The molecule has 1 saturated carbocycles. The van der Waals surface area contributed by atoms with Gasteiger partial charge in [0, 0.05) is 12.1 Å². The lowest BCUT2D eigenvalue weighted by Gasteiger charge is -2.28. The number of amides is 2. The molecule has 1 atom stereocenters. The monoisotopic (exact) mass is 331 g/mol. The standard InChI is InChI=1S/C19H29N3O2/c1-12(2)17(19(24)21-16-10-7-14(4)11-20-16)22-18(23)15-8-5-13(3)6-9-15/h7,10-13,15,17H,5-6,8-9H2,1-4H3,(H,22,23)(H,20,21,24). The van der Waals surface area contributed by atoms with Crippen LogP contribution in [-0.2, 0) is 9.59 Å². The van der Waals surface area contributed by atoms with Crippen molar-refractivity contribution in [3.63, 3.8) is 0 Å². The zero-order chi connectivity index (χ0) is 17.7. The Morgan fingerprint density at radius 2 is 1.83 bits per heavy atom. The molecule has 1 aliphatic carbocycles. The van der Waals surface area contributed by atoms with Crippen molar-refractivity contribution in [3.05, 3.63) is 23.9 Å². The van der Waals surface area contributed by atoms with Crippen molar-refractivity contribution in [3.8, 4) is 0 Å². The number of aromatic nitrogens is 1. The molecule has 1 aliphatic rings. The van der Waals surface area contributed by atoms with Crippen LogP contribution >= 0.6 is 0 Å². The van der Waals surface area contributed by atoms with Crippen molar-refractivity contribution < 1.29 is 9.59 Å². The lowest BCUT2D eigenvalue weighted by atomic mass is 9.82. The number of rotatable bonds is 5. The first kappa shape index (κ1) is 18.4. The zero-order valence-electron chi connectivity index (χ0n) is 15.1. The van der Waals surface area contributed by atoms with Crippen LogP contribution in [0.5, 0.6) is 0 Å². The summed E-state index contributed by atoms with van der Waals surface area (Å²) in [6.45, 7) is 8.06. The van der Waals surface area contributed by atoms with E-state index in [1.54, 1.807) is 12.3 Å². The van der Waals surface area contributed by atoms with Gasteiger partial charge in [-0.2, -0.15) is 0 Å². The third-order valence-electron chi connectivity index (χ3n) is 4.80. The molecule has 1 heterocycles. The Kier molecular flexibility index (Phi) is 6.35. The van der Waals surface area contributed by atoms with E-state index in [9.17, 15) is 9.59 Å². The van der Waals surface area contributed by atoms with Crippen molar-refractivity contribution in [1.29, 1.82) is 0 Å². The first-order valence-corrected chi connectivity index (χ1v) is 8.90. The molecule has 1 unspecified atom stereocenters. The number of hydrogen-bond acceptors (Lipinski definition) is 3.